The molecule has 23 heavy (non-hydrogen) atoms. The van der Waals surface area contributed by atoms with Gasteiger partial charge in [-0.2, -0.15) is 5.10 Å². The number of carbonyl (C=O) groups excluding carboxylic acids is 3. The summed E-state index contributed by atoms with van der Waals surface area (Å²) in [7, 11) is 1.54. The molecule has 1 aliphatic carbocycles. The molecule has 2 rings (SSSR count). The van der Waals surface area contributed by atoms with Crippen molar-refractivity contribution in [2.24, 2.45) is 16.4 Å². The molecule has 1 fully saturated rings. The number of hydrazone groups is 1. The monoisotopic (exact) mass is 316 g/mol. The van der Waals surface area contributed by atoms with Gasteiger partial charge in [-0.15, -0.1) is 0 Å². The molecule has 6 heteroatoms. The van der Waals surface area contributed by atoms with Gasteiger partial charge in [-0.25, -0.2) is 5.43 Å². The normalized spacial score (nSPS) is 18.2. The summed E-state index contributed by atoms with van der Waals surface area (Å²) >= 11 is 0. The molecule has 1 aromatic carbocycles. The van der Waals surface area contributed by atoms with Crippen LogP contribution in [0.25, 0.3) is 0 Å². The predicted molar refractivity (Wildman–Crippen MR) is 85.5 cm³/mol. The van der Waals surface area contributed by atoms with Crippen LogP contribution in [0.4, 0.5) is 0 Å². The van der Waals surface area contributed by atoms with Crippen LogP contribution in [0.5, 0.6) is 5.75 Å². The predicted octanol–water partition coefficient (Wildman–Crippen LogP) is 1.99. The Hall–Kier alpha value is -2.50. The molecule has 0 heterocycles. The van der Waals surface area contributed by atoms with Crippen LogP contribution >= 0.6 is 0 Å². The van der Waals surface area contributed by atoms with Gasteiger partial charge in [0.1, 0.15) is 23.2 Å². The first kappa shape index (κ1) is 16.9. The van der Waals surface area contributed by atoms with Gasteiger partial charge in [0.25, 0.3) is 5.91 Å². The van der Waals surface area contributed by atoms with Crippen LogP contribution in [0.2, 0.25) is 0 Å². The van der Waals surface area contributed by atoms with Crippen LogP contribution in [0.3, 0.4) is 0 Å². The lowest BCUT2D eigenvalue weighted by atomic mass is 9.72. The van der Waals surface area contributed by atoms with E-state index < -0.39 is 11.8 Å². The second kappa shape index (κ2) is 6.73. The van der Waals surface area contributed by atoms with Gasteiger partial charge in [0.05, 0.1) is 7.11 Å². The molecular formula is C17H20N2O4. The third kappa shape index (κ3) is 4.25. The smallest absolute Gasteiger partial charge is 0.271 e. The highest BCUT2D eigenvalue weighted by Gasteiger charge is 2.38. The summed E-state index contributed by atoms with van der Waals surface area (Å²) in [6.07, 6.45) is 1.89. The molecule has 0 radical (unpaired) electrons. The van der Waals surface area contributed by atoms with Crippen molar-refractivity contribution in [2.45, 2.75) is 26.7 Å². The number of Topliss-reactive ketones (excluding diaryl/α,β-unsaturated/α-hetero) is 2. The molecule has 0 spiro atoms. The van der Waals surface area contributed by atoms with Crippen molar-refractivity contribution < 1.29 is 19.1 Å². The van der Waals surface area contributed by atoms with Gasteiger partial charge in [-0.3, -0.25) is 14.4 Å². The van der Waals surface area contributed by atoms with Crippen molar-refractivity contribution in [3.63, 3.8) is 0 Å². The number of rotatable bonds is 4. The van der Waals surface area contributed by atoms with E-state index in [2.05, 4.69) is 10.5 Å². The fraction of sp³-hybridized carbons (Fsp3) is 0.412. The van der Waals surface area contributed by atoms with E-state index in [4.69, 9.17) is 4.74 Å². The molecule has 1 N–H and O–H groups in total. The van der Waals surface area contributed by atoms with E-state index >= 15 is 0 Å². The first-order valence-corrected chi connectivity index (χ1v) is 7.35. The third-order valence-electron chi connectivity index (χ3n) is 3.74. The van der Waals surface area contributed by atoms with Gasteiger partial charge >= 0.3 is 0 Å². The SMILES string of the molecule is COc1ccc(C(=O)NN=CC2C(=O)CC(C)(C)CC2=O)cc1. The number of ether oxygens (including phenoxy) is 1. The quantitative estimate of drug-likeness (QED) is 0.523. The van der Waals surface area contributed by atoms with E-state index in [0.29, 0.717) is 24.2 Å². The van der Waals surface area contributed by atoms with Gasteiger partial charge in [0, 0.05) is 24.6 Å². The van der Waals surface area contributed by atoms with Gasteiger partial charge in [0.15, 0.2) is 0 Å². The van der Waals surface area contributed by atoms with Crippen molar-refractivity contribution in [3.8, 4) is 5.75 Å². The van der Waals surface area contributed by atoms with E-state index in [1.54, 1.807) is 31.4 Å². The Morgan fingerprint density at radius 1 is 1.22 bits per heavy atom. The fourth-order valence-corrected chi connectivity index (χ4v) is 2.55. The number of nitrogens with one attached hydrogen (secondary N) is 1. The van der Waals surface area contributed by atoms with Gasteiger partial charge in [0.2, 0.25) is 0 Å². The number of nitrogens with zero attached hydrogens (tertiary/aromatic N) is 1. The topological polar surface area (TPSA) is 84.8 Å². The highest BCUT2D eigenvalue weighted by Crippen LogP contribution is 2.33. The van der Waals surface area contributed by atoms with E-state index in [9.17, 15) is 14.4 Å². The molecule has 1 aromatic rings. The van der Waals surface area contributed by atoms with Crippen LogP contribution in [0.15, 0.2) is 29.4 Å². The minimum Gasteiger partial charge on any atom is -0.497 e. The first-order valence-electron chi connectivity index (χ1n) is 7.35. The maximum Gasteiger partial charge on any atom is 0.271 e. The molecule has 6 nitrogen and oxygen atoms in total. The number of methoxy groups -OCH3 is 1. The summed E-state index contributed by atoms with van der Waals surface area (Å²) < 4.78 is 5.01. The van der Waals surface area contributed by atoms with Gasteiger partial charge in [-0.1, -0.05) is 13.8 Å². The number of ketones is 2. The molecule has 0 aliphatic heterocycles. The Labute approximate surface area is 134 Å². The van der Waals surface area contributed by atoms with Gasteiger partial charge in [-0.05, 0) is 29.7 Å². The van der Waals surface area contributed by atoms with Gasteiger partial charge < -0.3 is 4.74 Å². The average molecular weight is 316 g/mol. The number of benzene rings is 1. The lowest BCUT2D eigenvalue weighted by Gasteiger charge is -2.30. The van der Waals surface area contributed by atoms with Crippen LogP contribution < -0.4 is 10.2 Å². The summed E-state index contributed by atoms with van der Waals surface area (Å²) in [5.41, 5.74) is 2.44. The Balaban J connectivity index is 1.96. The molecule has 1 amide bonds. The largest absolute Gasteiger partial charge is 0.497 e. The van der Waals surface area contributed by atoms with E-state index in [1.165, 1.54) is 6.21 Å². The third-order valence-corrected chi connectivity index (χ3v) is 3.74. The highest BCUT2D eigenvalue weighted by atomic mass is 16.5. The summed E-state index contributed by atoms with van der Waals surface area (Å²) in [5.74, 6) is -0.951. The number of hydrogen-bond donors (Lipinski definition) is 1. The minimum absolute atomic E-state index is 0.159. The summed E-state index contributed by atoms with van der Waals surface area (Å²) in [6, 6.07) is 6.52. The molecule has 0 saturated heterocycles. The van der Waals surface area contributed by atoms with Crippen LogP contribution in [-0.4, -0.2) is 30.8 Å². The zero-order chi connectivity index (χ0) is 17.0. The molecule has 122 valence electrons. The standard InChI is InChI=1S/C17H20N2O4/c1-17(2)8-14(20)13(15(21)9-17)10-18-19-16(22)11-4-6-12(23-3)7-5-11/h4-7,10,13H,8-9H2,1-3H3,(H,19,22). The van der Waals surface area contributed by atoms with Crippen molar-refractivity contribution in [1.82, 2.24) is 5.43 Å². The van der Waals surface area contributed by atoms with Crippen LogP contribution in [0, 0.1) is 11.3 Å². The molecule has 0 unspecified atom stereocenters. The second-order valence-corrected chi connectivity index (χ2v) is 6.38. The maximum atomic E-state index is 12.0. The van der Waals surface area contributed by atoms with Crippen molar-refractivity contribution in [3.05, 3.63) is 29.8 Å². The van der Waals surface area contributed by atoms with Crippen molar-refractivity contribution >= 4 is 23.7 Å². The molecule has 1 saturated carbocycles. The average Bonchev–Trinajstić information content (AvgIpc) is 2.49. The Bertz CT molecular complexity index is 627. The summed E-state index contributed by atoms with van der Waals surface area (Å²) in [5, 5.41) is 3.77. The second-order valence-electron chi connectivity index (χ2n) is 6.38. The fourth-order valence-electron chi connectivity index (χ4n) is 2.55. The number of carbonyl (C=O) groups is 3. The van der Waals surface area contributed by atoms with Crippen LogP contribution in [0.1, 0.15) is 37.0 Å². The molecular weight excluding hydrogens is 296 g/mol. The van der Waals surface area contributed by atoms with Crippen LogP contribution in [-0.2, 0) is 9.59 Å². The molecule has 0 bridgehead atoms. The minimum atomic E-state index is -0.862. The van der Waals surface area contributed by atoms with Crippen molar-refractivity contribution in [2.75, 3.05) is 7.11 Å². The number of amides is 1. The zero-order valence-corrected chi connectivity index (χ0v) is 13.5. The van der Waals surface area contributed by atoms with E-state index in [-0.39, 0.29) is 17.0 Å². The lowest BCUT2D eigenvalue weighted by Crippen LogP contribution is -2.38. The Morgan fingerprint density at radius 2 is 1.78 bits per heavy atom. The maximum absolute atomic E-state index is 12.0. The zero-order valence-electron chi connectivity index (χ0n) is 13.5. The summed E-state index contributed by atoms with van der Waals surface area (Å²) in [4.78, 5) is 35.9. The molecule has 0 atom stereocenters. The highest BCUT2D eigenvalue weighted by molar-refractivity contribution is 6.16. The van der Waals surface area contributed by atoms with Crippen molar-refractivity contribution in [1.29, 1.82) is 0 Å². The van der Waals surface area contributed by atoms with E-state index in [1.807, 2.05) is 13.8 Å². The summed E-state index contributed by atoms with van der Waals surface area (Å²) in [6.45, 7) is 3.78. The lowest BCUT2D eigenvalue weighted by molar-refractivity contribution is -0.136. The molecule has 0 aromatic heterocycles. The first-order chi connectivity index (χ1) is 10.8. The van der Waals surface area contributed by atoms with E-state index in [0.717, 1.165) is 0 Å². The molecule has 1 aliphatic rings. The number of hydrogen-bond acceptors (Lipinski definition) is 5. The Kier molecular flexibility index (Phi) is 4.93. The Morgan fingerprint density at radius 3 is 2.30 bits per heavy atom.